The number of nitrogens with one attached hydrogen (secondary N) is 1. The lowest BCUT2D eigenvalue weighted by molar-refractivity contribution is 0.171. The molecule has 6 heteroatoms. The van der Waals surface area contributed by atoms with Gasteiger partial charge in [0.1, 0.15) is 13.2 Å². The van der Waals surface area contributed by atoms with E-state index in [1.54, 1.807) is 11.3 Å². The Labute approximate surface area is 144 Å². The molecule has 0 atom stereocenters. The number of aromatic nitrogens is 2. The van der Waals surface area contributed by atoms with Gasteiger partial charge in [0.2, 0.25) is 0 Å². The van der Waals surface area contributed by atoms with Crippen molar-refractivity contribution in [3.8, 4) is 28.4 Å². The Kier molecular flexibility index (Phi) is 3.69. The van der Waals surface area contributed by atoms with E-state index in [4.69, 9.17) is 9.47 Å². The number of fused-ring (bicyclic) bond motifs is 1. The largest absolute Gasteiger partial charge is 0.486 e. The van der Waals surface area contributed by atoms with Crippen LogP contribution in [0.25, 0.3) is 16.9 Å². The van der Waals surface area contributed by atoms with Gasteiger partial charge < -0.3 is 19.4 Å². The molecule has 124 valence electrons. The minimum atomic E-state index is 0.594. The van der Waals surface area contributed by atoms with Gasteiger partial charge in [-0.05, 0) is 32.0 Å². The van der Waals surface area contributed by atoms with Crippen molar-refractivity contribution in [2.24, 2.45) is 0 Å². The van der Waals surface area contributed by atoms with Crippen LogP contribution in [0.5, 0.6) is 11.5 Å². The summed E-state index contributed by atoms with van der Waals surface area (Å²) < 4.78 is 13.6. The van der Waals surface area contributed by atoms with Crippen LogP contribution < -0.4 is 14.8 Å². The van der Waals surface area contributed by atoms with E-state index in [0.717, 1.165) is 45.0 Å². The highest BCUT2D eigenvalue weighted by molar-refractivity contribution is 7.14. The first-order chi connectivity index (χ1) is 11.7. The summed E-state index contributed by atoms with van der Waals surface area (Å²) in [5.41, 5.74) is 5.56. The first-order valence-electron chi connectivity index (χ1n) is 7.90. The fourth-order valence-corrected chi connectivity index (χ4v) is 3.77. The molecule has 0 aliphatic carbocycles. The molecule has 0 saturated carbocycles. The predicted molar refractivity (Wildman–Crippen MR) is 96.9 cm³/mol. The Bertz CT molecular complexity index is 898. The monoisotopic (exact) mass is 341 g/mol. The Hall–Kier alpha value is -2.47. The fourth-order valence-electron chi connectivity index (χ4n) is 3.10. The van der Waals surface area contributed by atoms with Crippen molar-refractivity contribution in [3.63, 3.8) is 0 Å². The van der Waals surface area contributed by atoms with E-state index in [1.807, 2.05) is 19.2 Å². The van der Waals surface area contributed by atoms with E-state index in [1.165, 1.54) is 0 Å². The van der Waals surface area contributed by atoms with Crippen molar-refractivity contribution in [2.75, 3.05) is 25.6 Å². The summed E-state index contributed by atoms with van der Waals surface area (Å²) in [6.45, 7) is 5.43. The standard InChI is InChI=1S/C18H19N3O2S/c1-11-8-14(15-10-24-18(19-3)20-15)12(2)21(11)13-4-5-16-17(9-13)23-7-6-22-16/h4-5,8-10H,6-7H2,1-3H3,(H,19,20). The SMILES string of the molecule is CNc1nc(-c2cc(C)n(-c3ccc4c(c3)OCCO4)c2C)cs1. The Morgan fingerprint density at radius 2 is 1.92 bits per heavy atom. The van der Waals surface area contributed by atoms with Gasteiger partial charge in [-0.1, -0.05) is 0 Å². The molecule has 0 radical (unpaired) electrons. The lowest BCUT2D eigenvalue weighted by atomic mass is 10.2. The van der Waals surface area contributed by atoms with Gasteiger partial charge in [0.05, 0.1) is 5.69 Å². The van der Waals surface area contributed by atoms with Crippen molar-refractivity contribution in [2.45, 2.75) is 13.8 Å². The molecule has 3 aromatic rings. The molecule has 0 fully saturated rings. The van der Waals surface area contributed by atoms with Crippen LogP contribution in [0.1, 0.15) is 11.4 Å². The van der Waals surface area contributed by atoms with Gasteiger partial charge in [-0.15, -0.1) is 11.3 Å². The summed E-state index contributed by atoms with van der Waals surface area (Å²) in [5, 5.41) is 6.10. The number of ether oxygens (including phenoxy) is 2. The maximum absolute atomic E-state index is 5.72. The van der Waals surface area contributed by atoms with Crippen LogP contribution in [0.2, 0.25) is 0 Å². The second-order valence-corrected chi connectivity index (χ2v) is 6.59. The molecular weight excluding hydrogens is 322 g/mol. The molecule has 1 N–H and O–H groups in total. The molecule has 5 nitrogen and oxygen atoms in total. The van der Waals surface area contributed by atoms with E-state index in [9.17, 15) is 0 Å². The molecule has 3 heterocycles. The predicted octanol–water partition coefficient (Wildman–Crippen LogP) is 4.03. The molecular formula is C18H19N3O2S. The zero-order valence-electron chi connectivity index (χ0n) is 13.9. The lowest BCUT2D eigenvalue weighted by Gasteiger charge is -2.20. The number of hydrogen-bond acceptors (Lipinski definition) is 5. The Morgan fingerprint density at radius 1 is 1.12 bits per heavy atom. The lowest BCUT2D eigenvalue weighted by Crippen LogP contribution is -2.15. The number of hydrogen-bond donors (Lipinski definition) is 1. The molecule has 0 bridgehead atoms. The molecule has 1 aromatic carbocycles. The van der Waals surface area contributed by atoms with Crippen molar-refractivity contribution >= 4 is 16.5 Å². The average molecular weight is 341 g/mol. The topological polar surface area (TPSA) is 48.3 Å². The molecule has 2 aromatic heterocycles. The zero-order chi connectivity index (χ0) is 16.7. The van der Waals surface area contributed by atoms with Crippen LogP contribution in [-0.4, -0.2) is 29.8 Å². The van der Waals surface area contributed by atoms with E-state index in [-0.39, 0.29) is 0 Å². The molecule has 1 aliphatic heterocycles. The molecule has 0 unspecified atom stereocenters. The molecule has 0 amide bonds. The summed E-state index contributed by atoms with van der Waals surface area (Å²) >= 11 is 1.61. The molecule has 4 rings (SSSR count). The van der Waals surface area contributed by atoms with Gasteiger partial charge in [0, 0.05) is 41.1 Å². The Balaban J connectivity index is 1.79. The number of rotatable bonds is 3. The van der Waals surface area contributed by atoms with E-state index >= 15 is 0 Å². The van der Waals surface area contributed by atoms with Gasteiger partial charge in [-0.25, -0.2) is 4.98 Å². The van der Waals surface area contributed by atoms with Gasteiger partial charge in [-0.3, -0.25) is 0 Å². The summed E-state index contributed by atoms with van der Waals surface area (Å²) in [4.78, 5) is 4.63. The molecule has 0 saturated heterocycles. The maximum Gasteiger partial charge on any atom is 0.182 e. The fraction of sp³-hybridized carbons (Fsp3) is 0.278. The second-order valence-electron chi connectivity index (χ2n) is 5.74. The first-order valence-corrected chi connectivity index (χ1v) is 8.78. The normalized spacial score (nSPS) is 13.1. The van der Waals surface area contributed by atoms with Gasteiger partial charge in [0.15, 0.2) is 16.6 Å². The van der Waals surface area contributed by atoms with E-state index in [0.29, 0.717) is 13.2 Å². The highest BCUT2D eigenvalue weighted by Gasteiger charge is 2.17. The highest BCUT2D eigenvalue weighted by atomic mass is 32.1. The summed E-state index contributed by atoms with van der Waals surface area (Å²) in [6, 6.07) is 8.26. The number of nitrogens with zero attached hydrogens (tertiary/aromatic N) is 2. The number of anilines is 1. The van der Waals surface area contributed by atoms with Gasteiger partial charge in [0.25, 0.3) is 0 Å². The highest BCUT2D eigenvalue weighted by Crippen LogP contribution is 2.35. The Morgan fingerprint density at radius 3 is 2.67 bits per heavy atom. The van der Waals surface area contributed by atoms with E-state index < -0.39 is 0 Å². The van der Waals surface area contributed by atoms with Gasteiger partial charge >= 0.3 is 0 Å². The first kappa shape index (κ1) is 15.1. The van der Waals surface area contributed by atoms with Crippen molar-refractivity contribution in [1.82, 2.24) is 9.55 Å². The van der Waals surface area contributed by atoms with E-state index in [2.05, 4.69) is 46.2 Å². The molecule has 24 heavy (non-hydrogen) atoms. The minimum absolute atomic E-state index is 0.594. The third kappa shape index (κ3) is 2.43. The number of benzene rings is 1. The van der Waals surface area contributed by atoms with Crippen LogP contribution in [0.15, 0.2) is 29.6 Å². The van der Waals surface area contributed by atoms with Crippen LogP contribution in [-0.2, 0) is 0 Å². The van der Waals surface area contributed by atoms with Crippen molar-refractivity contribution < 1.29 is 9.47 Å². The van der Waals surface area contributed by atoms with Crippen LogP contribution >= 0.6 is 11.3 Å². The summed E-state index contributed by atoms with van der Waals surface area (Å²) in [5.74, 6) is 1.62. The van der Waals surface area contributed by atoms with Crippen molar-refractivity contribution in [3.05, 3.63) is 41.0 Å². The minimum Gasteiger partial charge on any atom is -0.486 e. The molecule has 1 aliphatic rings. The number of thiazole rings is 1. The zero-order valence-corrected chi connectivity index (χ0v) is 14.7. The third-order valence-corrected chi connectivity index (χ3v) is 5.07. The number of aryl methyl sites for hydroxylation is 1. The second kappa shape index (κ2) is 5.87. The van der Waals surface area contributed by atoms with Crippen LogP contribution in [0, 0.1) is 13.8 Å². The van der Waals surface area contributed by atoms with Crippen LogP contribution in [0.4, 0.5) is 5.13 Å². The maximum atomic E-state index is 5.72. The van der Waals surface area contributed by atoms with Crippen molar-refractivity contribution in [1.29, 1.82) is 0 Å². The van der Waals surface area contributed by atoms with Crippen LogP contribution in [0.3, 0.4) is 0 Å². The average Bonchev–Trinajstić information content (AvgIpc) is 3.19. The summed E-state index contributed by atoms with van der Waals surface area (Å²) in [7, 11) is 1.89. The van der Waals surface area contributed by atoms with Gasteiger partial charge in [-0.2, -0.15) is 0 Å². The third-order valence-electron chi connectivity index (χ3n) is 4.21. The summed E-state index contributed by atoms with van der Waals surface area (Å²) in [6.07, 6.45) is 0. The quantitative estimate of drug-likeness (QED) is 0.781. The molecule has 0 spiro atoms. The smallest absolute Gasteiger partial charge is 0.182 e.